The number of hydrogen-bond donors (Lipinski definition) is 1. The van der Waals surface area contributed by atoms with Crippen LogP contribution in [0.4, 0.5) is 4.79 Å². The molecule has 0 aromatic heterocycles. The van der Waals surface area contributed by atoms with Crippen molar-refractivity contribution in [1.29, 1.82) is 0 Å². The van der Waals surface area contributed by atoms with Gasteiger partial charge in [-0.15, -0.1) is 5.06 Å². The van der Waals surface area contributed by atoms with Gasteiger partial charge in [0, 0.05) is 0 Å². The third kappa shape index (κ3) is 1.85. The lowest BCUT2D eigenvalue weighted by Gasteiger charge is -1.99. The van der Waals surface area contributed by atoms with Gasteiger partial charge in [-0.1, -0.05) is 0 Å². The molecule has 5 heteroatoms. The molecule has 1 rings (SSSR count). The van der Waals surface area contributed by atoms with Crippen molar-refractivity contribution >= 4 is 6.16 Å². The van der Waals surface area contributed by atoms with Crippen LogP contribution in [0.1, 0.15) is 6.92 Å². The first-order chi connectivity index (χ1) is 4.74. The summed E-state index contributed by atoms with van der Waals surface area (Å²) in [4.78, 5) is 14.8. The Morgan fingerprint density at radius 1 is 1.90 bits per heavy atom. The molecule has 1 aliphatic heterocycles. The first kappa shape index (κ1) is 7.30. The quantitative estimate of drug-likeness (QED) is 0.458. The number of ether oxygens (including phenoxy) is 1. The Balaban J connectivity index is 2.07. The lowest BCUT2D eigenvalue weighted by atomic mass is 10.9. The van der Waals surface area contributed by atoms with Crippen LogP contribution in [0.3, 0.4) is 0 Å². The summed E-state index contributed by atoms with van der Waals surface area (Å²) in [6.45, 7) is 2.91. The summed E-state index contributed by atoms with van der Waals surface area (Å²) in [7, 11) is 0. The Morgan fingerprint density at radius 3 is 3.10 bits per heavy atom. The summed E-state index contributed by atoms with van der Waals surface area (Å²) in [5.41, 5.74) is 0. The molecule has 0 amide bonds. The van der Waals surface area contributed by atoms with Crippen molar-refractivity contribution in [3.63, 3.8) is 0 Å². The molecule has 10 heavy (non-hydrogen) atoms. The molecule has 0 aliphatic carbocycles. The van der Waals surface area contributed by atoms with Gasteiger partial charge in [-0.25, -0.2) is 4.79 Å². The van der Waals surface area contributed by atoms with Crippen LogP contribution in [0.2, 0.25) is 0 Å². The van der Waals surface area contributed by atoms with Gasteiger partial charge < -0.3 is 9.84 Å². The zero-order valence-corrected chi connectivity index (χ0v) is 5.61. The van der Waals surface area contributed by atoms with Gasteiger partial charge in [-0.05, 0) is 6.92 Å². The van der Waals surface area contributed by atoms with E-state index in [1.807, 2.05) is 6.92 Å². The minimum Gasteiger partial charge on any atom is -0.450 e. The zero-order valence-electron chi connectivity index (χ0n) is 5.61. The van der Waals surface area contributed by atoms with Crippen molar-refractivity contribution in [2.24, 2.45) is 0 Å². The van der Waals surface area contributed by atoms with Gasteiger partial charge in [0.05, 0.1) is 13.2 Å². The molecule has 1 aliphatic rings. The number of hydrogen-bond acceptors (Lipinski definition) is 4. The van der Waals surface area contributed by atoms with Crippen molar-refractivity contribution in [1.82, 2.24) is 5.06 Å². The second-order valence-corrected chi connectivity index (χ2v) is 1.86. The largest absolute Gasteiger partial charge is 0.507 e. The summed E-state index contributed by atoms with van der Waals surface area (Å²) in [5, 5.41) is 9.57. The maximum Gasteiger partial charge on any atom is 0.507 e. The molecular formula is C5H9NO4. The van der Waals surface area contributed by atoms with E-state index in [-0.39, 0.29) is 6.23 Å². The summed E-state index contributed by atoms with van der Waals surface area (Å²) >= 11 is 0. The molecule has 0 bridgehead atoms. The van der Waals surface area contributed by atoms with Crippen molar-refractivity contribution in [2.45, 2.75) is 13.2 Å². The van der Waals surface area contributed by atoms with Gasteiger partial charge in [-0.2, -0.15) is 0 Å². The normalized spacial score (nSPS) is 29.7. The van der Waals surface area contributed by atoms with Crippen LogP contribution >= 0.6 is 0 Å². The highest BCUT2D eigenvalue weighted by atomic mass is 16.8. The van der Waals surface area contributed by atoms with Gasteiger partial charge in [0.15, 0.2) is 6.23 Å². The molecule has 0 saturated carbocycles. The van der Waals surface area contributed by atoms with E-state index in [0.29, 0.717) is 13.2 Å². The van der Waals surface area contributed by atoms with Crippen LogP contribution in [0.25, 0.3) is 0 Å². The fraction of sp³-hybridized carbons (Fsp3) is 0.800. The first-order valence-electron chi connectivity index (χ1n) is 3.03. The van der Waals surface area contributed by atoms with E-state index in [1.165, 1.54) is 5.06 Å². The molecule has 0 aromatic carbocycles. The smallest absolute Gasteiger partial charge is 0.450 e. The Hall–Kier alpha value is -0.810. The highest BCUT2D eigenvalue weighted by Gasteiger charge is 2.39. The second kappa shape index (κ2) is 2.85. The lowest BCUT2D eigenvalue weighted by molar-refractivity contribution is -0.104. The minimum atomic E-state index is -1.26. The number of carboxylic acid groups (broad SMARTS) is 1. The molecule has 1 N–H and O–H groups in total. The molecule has 0 radical (unpaired) electrons. The molecule has 58 valence electrons. The number of rotatable bonds is 3. The van der Waals surface area contributed by atoms with Crippen molar-refractivity contribution in [3.05, 3.63) is 0 Å². The van der Waals surface area contributed by atoms with Gasteiger partial charge in [-0.3, -0.25) is 4.84 Å². The van der Waals surface area contributed by atoms with E-state index >= 15 is 0 Å². The molecule has 2 atom stereocenters. The average molecular weight is 147 g/mol. The molecule has 1 heterocycles. The van der Waals surface area contributed by atoms with Crippen LogP contribution < -0.4 is 0 Å². The van der Waals surface area contributed by atoms with Crippen LogP contribution in [0.5, 0.6) is 0 Å². The van der Waals surface area contributed by atoms with Gasteiger partial charge in [0.25, 0.3) is 0 Å². The Bertz CT molecular complexity index is 138. The average Bonchev–Trinajstić information content (AvgIpc) is 2.47. The Labute approximate surface area is 58.1 Å². The van der Waals surface area contributed by atoms with Crippen molar-refractivity contribution in [2.75, 3.05) is 13.2 Å². The molecule has 1 saturated heterocycles. The van der Waals surface area contributed by atoms with E-state index in [2.05, 4.69) is 4.74 Å². The van der Waals surface area contributed by atoms with E-state index in [1.54, 1.807) is 0 Å². The number of carbonyl (C=O) groups is 1. The summed E-state index contributed by atoms with van der Waals surface area (Å²) in [5.74, 6) is 0. The molecule has 1 fully saturated rings. The summed E-state index contributed by atoms with van der Waals surface area (Å²) in [6.07, 6.45) is -1.63. The zero-order chi connectivity index (χ0) is 7.56. The monoisotopic (exact) mass is 147 g/mol. The lowest BCUT2D eigenvalue weighted by Crippen LogP contribution is -2.09. The fourth-order valence-electron chi connectivity index (χ4n) is 0.621. The number of nitrogens with zero attached hydrogens (tertiary/aromatic N) is 1. The van der Waals surface area contributed by atoms with E-state index < -0.39 is 6.16 Å². The minimum absolute atomic E-state index is 0.377. The first-order valence-corrected chi connectivity index (χ1v) is 3.03. The summed E-state index contributed by atoms with van der Waals surface area (Å²) < 4.78 is 4.34. The highest BCUT2D eigenvalue weighted by Crippen LogP contribution is 2.18. The van der Waals surface area contributed by atoms with Gasteiger partial charge in [0.2, 0.25) is 0 Å². The highest BCUT2D eigenvalue weighted by molar-refractivity contribution is 5.57. The van der Waals surface area contributed by atoms with Crippen LogP contribution in [-0.2, 0) is 9.57 Å². The van der Waals surface area contributed by atoms with Gasteiger partial charge in [0.1, 0.15) is 0 Å². The van der Waals surface area contributed by atoms with Gasteiger partial charge >= 0.3 is 6.16 Å². The van der Waals surface area contributed by atoms with E-state index in [9.17, 15) is 4.79 Å². The SMILES string of the molecule is CCON1CC1OC(=O)O. The maximum absolute atomic E-state index is 9.90. The third-order valence-corrected chi connectivity index (χ3v) is 1.06. The molecule has 2 unspecified atom stereocenters. The standard InChI is InChI=1S/C5H9NO4/c1-2-9-6-3-4(6)10-5(7)8/h4H,2-3H2,1H3,(H,7,8). The Morgan fingerprint density at radius 2 is 2.60 bits per heavy atom. The van der Waals surface area contributed by atoms with Crippen molar-refractivity contribution < 1.29 is 19.5 Å². The predicted octanol–water partition coefficient (Wildman–Crippen LogP) is 0.274. The molecule has 0 aromatic rings. The molecule has 0 spiro atoms. The molecular weight excluding hydrogens is 138 g/mol. The fourth-order valence-corrected chi connectivity index (χ4v) is 0.621. The third-order valence-electron chi connectivity index (χ3n) is 1.06. The Kier molecular flexibility index (Phi) is 2.08. The number of hydroxylamine groups is 2. The maximum atomic E-state index is 9.90. The van der Waals surface area contributed by atoms with Crippen LogP contribution in [-0.4, -0.2) is 35.7 Å². The predicted molar refractivity (Wildman–Crippen MR) is 31.2 cm³/mol. The molecule has 5 nitrogen and oxygen atoms in total. The van der Waals surface area contributed by atoms with E-state index in [4.69, 9.17) is 9.94 Å². The van der Waals surface area contributed by atoms with Crippen LogP contribution in [0, 0.1) is 0 Å². The van der Waals surface area contributed by atoms with Crippen LogP contribution in [0.15, 0.2) is 0 Å². The van der Waals surface area contributed by atoms with E-state index in [0.717, 1.165) is 0 Å². The topological polar surface area (TPSA) is 58.8 Å². The van der Waals surface area contributed by atoms with Crippen molar-refractivity contribution in [3.8, 4) is 0 Å². The summed E-state index contributed by atoms with van der Waals surface area (Å²) in [6, 6.07) is 0. The second-order valence-electron chi connectivity index (χ2n) is 1.86.